The third-order valence-electron chi connectivity index (χ3n) is 3.91. The molecule has 25 heavy (non-hydrogen) atoms. The fourth-order valence-corrected chi connectivity index (χ4v) is 3.46. The third-order valence-corrected chi connectivity index (χ3v) is 4.76. The number of aromatic nitrogens is 1. The molecule has 0 atom stereocenters. The first kappa shape index (κ1) is 15.6. The van der Waals surface area contributed by atoms with Crippen LogP contribution in [0.25, 0.3) is 21.3 Å². The summed E-state index contributed by atoms with van der Waals surface area (Å²) in [4.78, 5) is 4.29. The van der Waals surface area contributed by atoms with Crippen LogP contribution in [0.5, 0.6) is 5.75 Å². The van der Waals surface area contributed by atoms with Crippen molar-refractivity contribution in [3.8, 4) is 16.9 Å². The van der Waals surface area contributed by atoms with Crippen LogP contribution in [0.1, 0.15) is 5.56 Å². The number of nitrogens with zero attached hydrogens (tertiary/aromatic N) is 1. The van der Waals surface area contributed by atoms with Gasteiger partial charge in [-0.3, -0.25) is 0 Å². The van der Waals surface area contributed by atoms with Gasteiger partial charge in [0.05, 0.1) is 10.2 Å². The minimum absolute atomic E-state index is 0.249. The summed E-state index contributed by atoms with van der Waals surface area (Å²) in [6.07, 6.45) is 0. The minimum Gasteiger partial charge on any atom is -0.488 e. The van der Waals surface area contributed by atoms with Crippen molar-refractivity contribution in [1.29, 1.82) is 0 Å². The van der Waals surface area contributed by atoms with Crippen molar-refractivity contribution >= 4 is 26.7 Å². The van der Waals surface area contributed by atoms with Gasteiger partial charge in [0.25, 0.3) is 0 Å². The molecule has 124 valence electrons. The average Bonchev–Trinajstić information content (AvgIpc) is 3.00. The Balaban J connectivity index is 1.64. The molecule has 0 aliphatic carbocycles. The fraction of sp³-hybridized carbons (Fsp3) is 0.0500. The van der Waals surface area contributed by atoms with Crippen molar-refractivity contribution in [3.05, 3.63) is 78.1 Å². The number of benzene rings is 3. The SMILES string of the molecule is Nc1nc2ccc(-c3ccccc3OCc3ccc(F)cc3)cc2s1. The Morgan fingerprint density at radius 2 is 1.80 bits per heavy atom. The molecule has 0 spiro atoms. The van der Waals surface area contributed by atoms with Crippen molar-refractivity contribution in [1.82, 2.24) is 4.98 Å². The van der Waals surface area contributed by atoms with Gasteiger partial charge < -0.3 is 10.5 Å². The van der Waals surface area contributed by atoms with E-state index in [-0.39, 0.29) is 5.82 Å². The van der Waals surface area contributed by atoms with Gasteiger partial charge in [0.2, 0.25) is 0 Å². The van der Waals surface area contributed by atoms with E-state index < -0.39 is 0 Å². The number of rotatable bonds is 4. The number of ether oxygens (including phenoxy) is 1. The molecule has 0 aliphatic heterocycles. The first-order valence-electron chi connectivity index (χ1n) is 7.82. The second-order valence-electron chi connectivity index (χ2n) is 5.65. The number of nitrogen functional groups attached to an aromatic ring is 1. The Bertz CT molecular complexity index is 1030. The van der Waals surface area contributed by atoms with E-state index in [4.69, 9.17) is 10.5 Å². The standard InChI is InChI=1S/C20H15FN2OS/c21-15-8-5-13(6-9-15)12-24-18-4-2-1-3-16(18)14-7-10-17-19(11-14)25-20(22)23-17/h1-11H,12H2,(H2,22,23). The lowest BCUT2D eigenvalue weighted by atomic mass is 10.0. The van der Waals surface area contributed by atoms with Crippen LogP contribution in [0.15, 0.2) is 66.7 Å². The molecule has 0 saturated heterocycles. The van der Waals surface area contributed by atoms with Crippen molar-refractivity contribution in [2.75, 3.05) is 5.73 Å². The molecule has 1 aromatic heterocycles. The van der Waals surface area contributed by atoms with Gasteiger partial charge in [0.15, 0.2) is 5.13 Å². The predicted octanol–water partition coefficient (Wildman–Crippen LogP) is 5.26. The summed E-state index contributed by atoms with van der Waals surface area (Å²) in [5.41, 5.74) is 9.65. The molecule has 0 radical (unpaired) electrons. The van der Waals surface area contributed by atoms with Crippen LogP contribution >= 0.6 is 11.3 Å². The van der Waals surface area contributed by atoms with Crippen LogP contribution in [-0.2, 0) is 6.61 Å². The van der Waals surface area contributed by atoms with Crippen LogP contribution in [-0.4, -0.2) is 4.98 Å². The molecule has 0 amide bonds. The molecule has 0 fully saturated rings. The van der Waals surface area contributed by atoms with E-state index in [1.54, 1.807) is 12.1 Å². The van der Waals surface area contributed by atoms with Crippen LogP contribution < -0.4 is 10.5 Å². The van der Waals surface area contributed by atoms with E-state index in [2.05, 4.69) is 11.1 Å². The predicted molar refractivity (Wildman–Crippen MR) is 100 cm³/mol. The molecular weight excluding hydrogens is 335 g/mol. The Kier molecular flexibility index (Phi) is 4.07. The minimum atomic E-state index is -0.249. The highest BCUT2D eigenvalue weighted by Gasteiger charge is 2.09. The molecule has 5 heteroatoms. The summed E-state index contributed by atoms with van der Waals surface area (Å²) in [6.45, 7) is 0.382. The molecule has 4 rings (SSSR count). The first-order valence-corrected chi connectivity index (χ1v) is 8.63. The van der Waals surface area contributed by atoms with Gasteiger partial charge in [0, 0.05) is 5.56 Å². The zero-order valence-corrected chi connectivity index (χ0v) is 14.1. The molecule has 0 bridgehead atoms. The van der Waals surface area contributed by atoms with E-state index >= 15 is 0 Å². The molecular formula is C20H15FN2OS. The Hall–Kier alpha value is -2.92. The van der Waals surface area contributed by atoms with E-state index in [1.807, 2.05) is 36.4 Å². The van der Waals surface area contributed by atoms with E-state index in [0.717, 1.165) is 32.7 Å². The lowest BCUT2D eigenvalue weighted by molar-refractivity contribution is 0.307. The average molecular weight is 350 g/mol. The molecule has 2 N–H and O–H groups in total. The van der Waals surface area contributed by atoms with Gasteiger partial charge >= 0.3 is 0 Å². The summed E-state index contributed by atoms with van der Waals surface area (Å²) >= 11 is 1.47. The lowest BCUT2D eigenvalue weighted by Gasteiger charge is -2.12. The van der Waals surface area contributed by atoms with Crippen LogP contribution in [0.3, 0.4) is 0 Å². The number of anilines is 1. The van der Waals surface area contributed by atoms with Gasteiger partial charge in [-0.15, -0.1) is 0 Å². The number of nitrogens with two attached hydrogens (primary N) is 1. The number of hydrogen-bond acceptors (Lipinski definition) is 4. The Morgan fingerprint density at radius 1 is 1.00 bits per heavy atom. The number of thiazole rings is 1. The number of para-hydroxylation sites is 1. The van der Waals surface area contributed by atoms with Crippen LogP contribution in [0, 0.1) is 5.82 Å². The third kappa shape index (κ3) is 3.32. The van der Waals surface area contributed by atoms with Gasteiger partial charge in [-0.05, 0) is 41.5 Å². The zero-order valence-electron chi connectivity index (χ0n) is 13.3. The van der Waals surface area contributed by atoms with Gasteiger partial charge in [-0.1, -0.05) is 47.7 Å². The van der Waals surface area contributed by atoms with Crippen molar-refractivity contribution in [2.45, 2.75) is 6.61 Å². The summed E-state index contributed by atoms with van der Waals surface area (Å²) in [5, 5.41) is 0.563. The lowest BCUT2D eigenvalue weighted by Crippen LogP contribution is -1.97. The van der Waals surface area contributed by atoms with Crippen LogP contribution in [0.2, 0.25) is 0 Å². The normalized spacial score (nSPS) is 10.9. The summed E-state index contributed by atoms with van der Waals surface area (Å²) in [6, 6.07) is 20.3. The van der Waals surface area contributed by atoms with E-state index in [9.17, 15) is 4.39 Å². The number of hydrogen-bond donors (Lipinski definition) is 1. The highest BCUT2D eigenvalue weighted by atomic mass is 32.1. The molecule has 3 nitrogen and oxygen atoms in total. The summed E-state index contributed by atoms with van der Waals surface area (Å²) < 4.78 is 20.0. The van der Waals surface area contributed by atoms with Gasteiger partial charge in [0.1, 0.15) is 18.2 Å². The number of fused-ring (bicyclic) bond motifs is 1. The largest absolute Gasteiger partial charge is 0.488 e. The smallest absolute Gasteiger partial charge is 0.181 e. The second-order valence-corrected chi connectivity index (χ2v) is 6.71. The molecule has 0 aliphatic rings. The van der Waals surface area contributed by atoms with Crippen molar-refractivity contribution in [2.24, 2.45) is 0 Å². The molecule has 0 saturated carbocycles. The van der Waals surface area contributed by atoms with E-state index in [0.29, 0.717) is 11.7 Å². The Labute approximate surface area is 148 Å². The monoisotopic (exact) mass is 350 g/mol. The molecule has 4 aromatic rings. The summed E-state index contributed by atoms with van der Waals surface area (Å²) in [7, 11) is 0. The van der Waals surface area contributed by atoms with Gasteiger partial charge in [-0.25, -0.2) is 9.37 Å². The Morgan fingerprint density at radius 3 is 2.64 bits per heavy atom. The molecule has 0 unspecified atom stereocenters. The maximum atomic E-state index is 13.0. The molecule has 3 aromatic carbocycles. The van der Waals surface area contributed by atoms with Gasteiger partial charge in [-0.2, -0.15) is 0 Å². The maximum absolute atomic E-state index is 13.0. The van der Waals surface area contributed by atoms with Crippen LogP contribution in [0.4, 0.5) is 9.52 Å². The summed E-state index contributed by atoms with van der Waals surface area (Å²) in [5.74, 6) is 0.532. The molecule has 1 heterocycles. The highest BCUT2D eigenvalue weighted by molar-refractivity contribution is 7.22. The maximum Gasteiger partial charge on any atom is 0.181 e. The zero-order chi connectivity index (χ0) is 17.2. The second kappa shape index (κ2) is 6.53. The van der Waals surface area contributed by atoms with Crippen molar-refractivity contribution in [3.63, 3.8) is 0 Å². The fourth-order valence-electron chi connectivity index (χ4n) is 2.68. The van der Waals surface area contributed by atoms with Crippen molar-refractivity contribution < 1.29 is 9.13 Å². The topological polar surface area (TPSA) is 48.1 Å². The van der Waals surface area contributed by atoms with E-state index in [1.165, 1.54) is 23.5 Å². The highest BCUT2D eigenvalue weighted by Crippen LogP contribution is 2.34. The quantitative estimate of drug-likeness (QED) is 0.546. The first-order chi connectivity index (χ1) is 12.2. The number of halogens is 1.